The molecule has 1 aromatic rings. The van der Waals surface area contributed by atoms with Gasteiger partial charge in [0.15, 0.2) is 0 Å². The smallest absolute Gasteiger partial charge is 0.260 e. The second-order valence-electron chi connectivity index (χ2n) is 6.04. The van der Waals surface area contributed by atoms with Crippen LogP contribution in [0.4, 0.5) is 4.39 Å². The van der Waals surface area contributed by atoms with Crippen LogP contribution < -0.4 is 10.1 Å². The predicted molar refractivity (Wildman–Crippen MR) is 78.0 cm³/mol. The molecule has 3 rings (SSSR count). The zero-order valence-electron chi connectivity index (χ0n) is 12.3. The molecule has 2 aliphatic heterocycles. The number of halogens is 1. The highest BCUT2D eigenvalue weighted by Gasteiger charge is 2.41. The fraction of sp³-hybridized carbons (Fsp3) is 0.562. The van der Waals surface area contributed by atoms with Crippen molar-refractivity contribution in [3.05, 3.63) is 29.6 Å². The first kappa shape index (κ1) is 14.3. The maximum Gasteiger partial charge on any atom is 0.260 e. The normalized spacial score (nSPS) is 20.8. The van der Waals surface area contributed by atoms with Crippen LogP contribution in [0.2, 0.25) is 0 Å². The molecule has 2 saturated heterocycles. The van der Waals surface area contributed by atoms with E-state index in [1.165, 1.54) is 13.2 Å². The zero-order chi connectivity index (χ0) is 14.9. The lowest BCUT2D eigenvalue weighted by Gasteiger charge is -2.33. The maximum absolute atomic E-state index is 14.0. The van der Waals surface area contributed by atoms with Crippen LogP contribution in [0.1, 0.15) is 29.6 Å². The minimum atomic E-state index is -0.509. The number of benzene rings is 1. The summed E-state index contributed by atoms with van der Waals surface area (Å²) in [6, 6.07) is 4.50. The molecule has 0 radical (unpaired) electrons. The van der Waals surface area contributed by atoms with Crippen molar-refractivity contribution in [3.63, 3.8) is 0 Å². The van der Waals surface area contributed by atoms with Crippen molar-refractivity contribution < 1.29 is 13.9 Å². The Bertz CT molecular complexity index is 541. The standard InChI is InChI=1S/C16H21FN2O2/c1-21-13-4-2-3-12(17)14(13)15(20)19-10-7-16(11-19)5-8-18-9-6-16/h2-4,18H,5-11H2,1H3. The lowest BCUT2D eigenvalue weighted by Crippen LogP contribution is -2.40. The second kappa shape index (κ2) is 5.64. The van der Waals surface area contributed by atoms with E-state index in [1.807, 2.05) is 0 Å². The summed E-state index contributed by atoms with van der Waals surface area (Å²) in [7, 11) is 1.46. The Hall–Kier alpha value is -1.62. The molecule has 0 unspecified atom stereocenters. The van der Waals surface area contributed by atoms with E-state index in [-0.39, 0.29) is 16.9 Å². The van der Waals surface area contributed by atoms with E-state index in [0.717, 1.165) is 38.9 Å². The van der Waals surface area contributed by atoms with E-state index < -0.39 is 5.82 Å². The third-order valence-corrected chi connectivity index (χ3v) is 4.80. The average molecular weight is 292 g/mol. The molecule has 0 aliphatic carbocycles. The van der Waals surface area contributed by atoms with Gasteiger partial charge in [0.2, 0.25) is 0 Å². The highest BCUT2D eigenvalue weighted by Crippen LogP contribution is 2.39. The number of nitrogens with zero attached hydrogens (tertiary/aromatic N) is 1. The third kappa shape index (κ3) is 2.62. The second-order valence-corrected chi connectivity index (χ2v) is 6.04. The molecule has 114 valence electrons. The van der Waals surface area contributed by atoms with Crippen molar-refractivity contribution >= 4 is 5.91 Å². The molecule has 0 bridgehead atoms. The summed E-state index contributed by atoms with van der Waals surface area (Å²) in [6.07, 6.45) is 3.19. The van der Waals surface area contributed by atoms with Crippen LogP contribution in [0.15, 0.2) is 18.2 Å². The Balaban J connectivity index is 1.81. The van der Waals surface area contributed by atoms with Gasteiger partial charge in [0.1, 0.15) is 17.1 Å². The Labute approximate surface area is 124 Å². The molecule has 0 aromatic heterocycles. The van der Waals surface area contributed by atoms with Crippen LogP contribution in [0, 0.1) is 11.2 Å². The van der Waals surface area contributed by atoms with Gasteiger partial charge in [-0.05, 0) is 49.9 Å². The van der Waals surface area contributed by atoms with Crippen molar-refractivity contribution in [2.75, 3.05) is 33.3 Å². The van der Waals surface area contributed by atoms with Gasteiger partial charge in [-0.15, -0.1) is 0 Å². The molecule has 0 atom stereocenters. The van der Waals surface area contributed by atoms with Gasteiger partial charge in [0.25, 0.3) is 5.91 Å². The van der Waals surface area contributed by atoms with E-state index in [9.17, 15) is 9.18 Å². The van der Waals surface area contributed by atoms with Gasteiger partial charge in [0.05, 0.1) is 7.11 Å². The van der Waals surface area contributed by atoms with Gasteiger partial charge in [-0.2, -0.15) is 0 Å². The molecule has 0 saturated carbocycles. The number of likely N-dealkylation sites (tertiary alicyclic amines) is 1. The number of hydrogen-bond acceptors (Lipinski definition) is 3. The highest BCUT2D eigenvalue weighted by molar-refractivity contribution is 5.97. The summed E-state index contributed by atoms with van der Waals surface area (Å²) in [5.74, 6) is -0.447. The topological polar surface area (TPSA) is 41.6 Å². The summed E-state index contributed by atoms with van der Waals surface area (Å²) in [4.78, 5) is 14.4. The van der Waals surface area contributed by atoms with Crippen LogP contribution in [-0.4, -0.2) is 44.1 Å². The fourth-order valence-electron chi connectivity index (χ4n) is 3.51. The number of ether oxygens (including phenoxy) is 1. The van der Waals surface area contributed by atoms with Crippen molar-refractivity contribution in [2.45, 2.75) is 19.3 Å². The summed E-state index contributed by atoms with van der Waals surface area (Å²) >= 11 is 0. The number of piperidine rings is 1. The van der Waals surface area contributed by atoms with Crippen molar-refractivity contribution in [1.82, 2.24) is 10.2 Å². The molecule has 21 heavy (non-hydrogen) atoms. The van der Waals surface area contributed by atoms with E-state index in [2.05, 4.69) is 5.32 Å². The Morgan fingerprint density at radius 2 is 2.10 bits per heavy atom. The summed E-state index contributed by atoms with van der Waals surface area (Å²) in [6.45, 7) is 3.44. The summed E-state index contributed by atoms with van der Waals surface area (Å²) in [5.41, 5.74) is 0.283. The van der Waals surface area contributed by atoms with Gasteiger partial charge >= 0.3 is 0 Å². The molecule has 1 aromatic carbocycles. The van der Waals surface area contributed by atoms with Crippen molar-refractivity contribution in [1.29, 1.82) is 0 Å². The van der Waals surface area contributed by atoms with E-state index in [4.69, 9.17) is 4.74 Å². The van der Waals surface area contributed by atoms with Gasteiger partial charge in [-0.25, -0.2) is 4.39 Å². The maximum atomic E-state index is 14.0. The number of nitrogens with one attached hydrogen (secondary N) is 1. The monoisotopic (exact) mass is 292 g/mol. The van der Waals surface area contributed by atoms with Gasteiger partial charge in [-0.3, -0.25) is 4.79 Å². The molecule has 1 amide bonds. The largest absolute Gasteiger partial charge is 0.496 e. The number of rotatable bonds is 2. The zero-order valence-corrected chi connectivity index (χ0v) is 12.3. The Kier molecular flexibility index (Phi) is 3.85. The molecule has 5 heteroatoms. The van der Waals surface area contributed by atoms with Crippen LogP contribution in [0.25, 0.3) is 0 Å². The summed E-state index contributed by atoms with van der Waals surface area (Å²) < 4.78 is 19.2. The molecule has 4 nitrogen and oxygen atoms in total. The first-order valence-electron chi connectivity index (χ1n) is 7.48. The number of hydrogen-bond donors (Lipinski definition) is 1. The van der Waals surface area contributed by atoms with Gasteiger partial charge < -0.3 is 15.0 Å². The lowest BCUT2D eigenvalue weighted by atomic mass is 9.78. The van der Waals surface area contributed by atoms with Crippen LogP contribution in [-0.2, 0) is 0 Å². The SMILES string of the molecule is COc1cccc(F)c1C(=O)N1CCC2(CCNCC2)C1. The molecule has 2 fully saturated rings. The molecule has 2 aliphatic rings. The van der Waals surface area contributed by atoms with Gasteiger partial charge in [0, 0.05) is 13.1 Å². The van der Waals surface area contributed by atoms with Gasteiger partial charge in [-0.1, -0.05) is 6.07 Å². The number of carbonyl (C=O) groups excluding carboxylic acids is 1. The molecular weight excluding hydrogens is 271 g/mol. The van der Waals surface area contributed by atoms with Crippen LogP contribution >= 0.6 is 0 Å². The summed E-state index contributed by atoms with van der Waals surface area (Å²) in [5, 5.41) is 3.36. The number of carbonyl (C=O) groups is 1. The van der Waals surface area contributed by atoms with E-state index >= 15 is 0 Å². The van der Waals surface area contributed by atoms with E-state index in [1.54, 1.807) is 17.0 Å². The van der Waals surface area contributed by atoms with Crippen LogP contribution in [0.5, 0.6) is 5.75 Å². The third-order valence-electron chi connectivity index (χ3n) is 4.80. The van der Waals surface area contributed by atoms with E-state index in [0.29, 0.717) is 12.3 Å². The van der Waals surface area contributed by atoms with Crippen molar-refractivity contribution in [2.24, 2.45) is 5.41 Å². The first-order chi connectivity index (χ1) is 10.2. The Morgan fingerprint density at radius 1 is 1.33 bits per heavy atom. The Morgan fingerprint density at radius 3 is 2.81 bits per heavy atom. The fourth-order valence-corrected chi connectivity index (χ4v) is 3.51. The average Bonchev–Trinajstić information content (AvgIpc) is 2.90. The molecular formula is C16H21FN2O2. The first-order valence-corrected chi connectivity index (χ1v) is 7.48. The highest BCUT2D eigenvalue weighted by atomic mass is 19.1. The van der Waals surface area contributed by atoms with Crippen LogP contribution in [0.3, 0.4) is 0 Å². The number of amides is 1. The van der Waals surface area contributed by atoms with Crippen molar-refractivity contribution in [3.8, 4) is 5.75 Å². The molecule has 2 heterocycles. The molecule has 1 spiro atoms. The minimum Gasteiger partial charge on any atom is -0.496 e. The molecule has 1 N–H and O–H groups in total. The lowest BCUT2D eigenvalue weighted by molar-refractivity contribution is 0.0753. The minimum absolute atomic E-state index is 0.0611. The number of methoxy groups -OCH3 is 1. The predicted octanol–water partition coefficient (Wildman–Crippen LogP) is 2.05. The quantitative estimate of drug-likeness (QED) is 0.907.